The molecule has 0 bridgehead atoms. The zero-order valence-electron chi connectivity index (χ0n) is 18.5. The Labute approximate surface area is 195 Å². The maximum Gasteiger partial charge on any atom is 0.247 e. The summed E-state index contributed by atoms with van der Waals surface area (Å²) in [4.78, 5) is 28.6. The number of carbonyl (C=O) groups excluding carboxylic acids is 2. The van der Waals surface area contributed by atoms with Gasteiger partial charge in [0.25, 0.3) is 0 Å². The van der Waals surface area contributed by atoms with Crippen LogP contribution in [0, 0.1) is 5.92 Å². The van der Waals surface area contributed by atoms with E-state index in [9.17, 15) is 9.59 Å². The van der Waals surface area contributed by atoms with Crippen molar-refractivity contribution in [3.05, 3.63) is 107 Å². The summed E-state index contributed by atoms with van der Waals surface area (Å²) >= 11 is 6.00. The van der Waals surface area contributed by atoms with Crippen LogP contribution in [0.1, 0.15) is 36.6 Å². The summed E-state index contributed by atoms with van der Waals surface area (Å²) in [6, 6.07) is 25.7. The lowest BCUT2D eigenvalue weighted by atomic mass is 10.0. The van der Waals surface area contributed by atoms with Crippen LogP contribution in [0.4, 0.5) is 0 Å². The first-order valence-electron chi connectivity index (χ1n) is 10.8. The number of hydrogen-bond acceptors (Lipinski definition) is 2. The molecule has 0 saturated heterocycles. The third-order valence-electron chi connectivity index (χ3n) is 5.14. The number of hydrogen-bond donors (Lipinski definition) is 1. The molecule has 0 spiro atoms. The van der Waals surface area contributed by atoms with Gasteiger partial charge in [-0.2, -0.15) is 0 Å². The molecule has 1 N–H and O–H groups in total. The normalized spacial score (nSPS) is 11.8. The first-order valence-corrected chi connectivity index (χ1v) is 11.2. The first kappa shape index (κ1) is 23.6. The molecule has 0 radical (unpaired) electrons. The number of nitrogens with one attached hydrogen (secondary N) is 1. The van der Waals surface area contributed by atoms with Crippen LogP contribution in [-0.2, 0) is 22.6 Å². The van der Waals surface area contributed by atoms with Crippen LogP contribution in [-0.4, -0.2) is 23.3 Å². The van der Waals surface area contributed by atoms with E-state index in [1.165, 1.54) is 0 Å². The molecule has 0 fully saturated rings. The van der Waals surface area contributed by atoms with E-state index in [2.05, 4.69) is 5.32 Å². The fourth-order valence-electron chi connectivity index (χ4n) is 3.49. The molecule has 3 aromatic rings. The third-order valence-corrected chi connectivity index (χ3v) is 5.40. The molecule has 0 saturated carbocycles. The van der Waals surface area contributed by atoms with Gasteiger partial charge >= 0.3 is 0 Å². The molecule has 3 rings (SSSR count). The van der Waals surface area contributed by atoms with E-state index in [0.717, 1.165) is 16.7 Å². The number of rotatable bonds is 9. The van der Waals surface area contributed by atoms with Crippen molar-refractivity contribution in [1.82, 2.24) is 10.2 Å². The van der Waals surface area contributed by atoms with E-state index in [0.29, 0.717) is 24.0 Å². The van der Waals surface area contributed by atoms with Gasteiger partial charge in [0, 0.05) is 18.1 Å². The molecular weight excluding hydrogens is 420 g/mol. The van der Waals surface area contributed by atoms with Gasteiger partial charge in [-0.15, -0.1) is 0 Å². The molecular formula is C27H29ClN2O2. The maximum absolute atomic E-state index is 13.6. The average molecular weight is 449 g/mol. The van der Waals surface area contributed by atoms with Gasteiger partial charge < -0.3 is 10.2 Å². The van der Waals surface area contributed by atoms with Gasteiger partial charge in [0.2, 0.25) is 11.8 Å². The van der Waals surface area contributed by atoms with Gasteiger partial charge in [-0.05, 0) is 34.7 Å². The highest BCUT2D eigenvalue weighted by Gasteiger charge is 2.31. The molecule has 0 heterocycles. The average Bonchev–Trinajstić information content (AvgIpc) is 2.80. The monoisotopic (exact) mass is 448 g/mol. The van der Waals surface area contributed by atoms with E-state index in [4.69, 9.17) is 11.6 Å². The summed E-state index contributed by atoms with van der Waals surface area (Å²) in [6.07, 6.45) is 0.185. The SMILES string of the molecule is CC(C)CNC(=O)[C@H](c1ccccc1)N(Cc1ccccc1)C(=O)Cc1ccc(Cl)cc1. The van der Waals surface area contributed by atoms with Crippen molar-refractivity contribution >= 4 is 23.4 Å². The second-order valence-corrected chi connectivity index (χ2v) is 8.70. The lowest BCUT2D eigenvalue weighted by molar-refractivity contribution is -0.141. The molecule has 0 aromatic heterocycles. The number of halogens is 1. The van der Waals surface area contributed by atoms with Gasteiger partial charge in [0.15, 0.2) is 0 Å². The Bertz CT molecular complexity index is 1000. The van der Waals surface area contributed by atoms with Gasteiger partial charge in [-0.25, -0.2) is 0 Å². The van der Waals surface area contributed by atoms with Crippen molar-refractivity contribution in [2.45, 2.75) is 32.9 Å². The van der Waals surface area contributed by atoms with E-state index < -0.39 is 6.04 Å². The van der Waals surface area contributed by atoms with Crippen LogP contribution < -0.4 is 5.32 Å². The van der Waals surface area contributed by atoms with E-state index >= 15 is 0 Å². The van der Waals surface area contributed by atoms with Gasteiger partial charge in [-0.3, -0.25) is 9.59 Å². The molecule has 32 heavy (non-hydrogen) atoms. The molecule has 2 amide bonds. The van der Waals surface area contributed by atoms with Crippen molar-refractivity contribution in [3.8, 4) is 0 Å². The Morgan fingerprint density at radius 1 is 0.844 bits per heavy atom. The smallest absolute Gasteiger partial charge is 0.247 e. The topological polar surface area (TPSA) is 49.4 Å². The summed E-state index contributed by atoms with van der Waals surface area (Å²) in [5, 5.41) is 3.65. The van der Waals surface area contributed by atoms with Crippen LogP contribution in [0.25, 0.3) is 0 Å². The molecule has 4 nitrogen and oxygen atoms in total. The van der Waals surface area contributed by atoms with Crippen LogP contribution in [0.5, 0.6) is 0 Å². The van der Waals surface area contributed by atoms with E-state index in [-0.39, 0.29) is 18.2 Å². The van der Waals surface area contributed by atoms with Gasteiger partial charge in [-0.1, -0.05) is 98.2 Å². The Balaban J connectivity index is 1.96. The van der Waals surface area contributed by atoms with Crippen LogP contribution in [0.2, 0.25) is 5.02 Å². The number of amides is 2. The minimum Gasteiger partial charge on any atom is -0.354 e. The maximum atomic E-state index is 13.6. The summed E-state index contributed by atoms with van der Waals surface area (Å²) in [5.41, 5.74) is 2.61. The van der Waals surface area contributed by atoms with Gasteiger partial charge in [0.1, 0.15) is 6.04 Å². The largest absolute Gasteiger partial charge is 0.354 e. The van der Waals surface area contributed by atoms with Crippen LogP contribution in [0.15, 0.2) is 84.9 Å². The zero-order chi connectivity index (χ0) is 22.9. The minimum atomic E-state index is -0.727. The third kappa shape index (κ3) is 6.69. The highest BCUT2D eigenvalue weighted by molar-refractivity contribution is 6.30. The van der Waals surface area contributed by atoms with Crippen molar-refractivity contribution in [1.29, 1.82) is 0 Å². The first-order chi connectivity index (χ1) is 15.4. The Morgan fingerprint density at radius 3 is 2.03 bits per heavy atom. The zero-order valence-corrected chi connectivity index (χ0v) is 19.3. The fraction of sp³-hybridized carbons (Fsp3) is 0.259. The molecule has 0 unspecified atom stereocenters. The predicted molar refractivity (Wildman–Crippen MR) is 129 cm³/mol. The van der Waals surface area contributed by atoms with E-state index in [1.54, 1.807) is 17.0 Å². The van der Waals surface area contributed by atoms with Crippen molar-refractivity contribution in [2.75, 3.05) is 6.54 Å². The second kappa shape index (κ2) is 11.5. The van der Waals surface area contributed by atoms with Crippen LogP contribution in [0.3, 0.4) is 0 Å². The number of nitrogens with zero attached hydrogens (tertiary/aromatic N) is 1. The molecule has 5 heteroatoms. The summed E-state index contributed by atoms with van der Waals surface area (Å²) in [7, 11) is 0. The van der Waals surface area contributed by atoms with Crippen LogP contribution >= 0.6 is 11.6 Å². The molecule has 0 aliphatic rings. The lowest BCUT2D eigenvalue weighted by Gasteiger charge is -2.32. The van der Waals surface area contributed by atoms with Crippen molar-refractivity contribution in [3.63, 3.8) is 0 Å². The minimum absolute atomic E-state index is 0.121. The Kier molecular flexibility index (Phi) is 8.46. The summed E-state index contributed by atoms with van der Waals surface area (Å²) in [5.74, 6) is 0.0118. The van der Waals surface area contributed by atoms with Crippen molar-refractivity contribution in [2.24, 2.45) is 5.92 Å². The highest BCUT2D eigenvalue weighted by Crippen LogP contribution is 2.25. The molecule has 1 atom stereocenters. The molecule has 0 aliphatic heterocycles. The quantitative estimate of drug-likeness (QED) is 0.474. The van der Waals surface area contributed by atoms with Crippen molar-refractivity contribution < 1.29 is 9.59 Å². The fourth-order valence-corrected chi connectivity index (χ4v) is 3.62. The standard InChI is InChI=1S/C27H29ClN2O2/c1-20(2)18-29-27(32)26(23-11-7-4-8-12-23)30(19-22-9-5-3-6-10-22)25(31)17-21-13-15-24(28)16-14-21/h3-16,20,26H,17-19H2,1-2H3,(H,29,32)/t26-/m0/s1. The predicted octanol–water partition coefficient (Wildman–Crippen LogP) is 5.42. The molecule has 166 valence electrons. The molecule has 0 aliphatic carbocycles. The highest BCUT2D eigenvalue weighted by atomic mass is 35.5. The second-order valence-electron chi connectivity index (χ2n) is 8.26. The summed E-state index contributed by atoms with van der Waals surface area (Å²) < 4.78 is 0. The summed E-state index contributed by atoms with van der Waals surface area (Å²) in [6.45, 7) is 4.98. The molecule has 3 aromatic carbocycles. The Morgan fingerprint density at radius 2 is 1.44 bits per heavy atom. The lowest BCUT2D eigenvalue weighted by Crippen LogP contribution is -2.44. The Hall–Kier alpha value is -3.11. The van der Waals surface area contributed by atoms with Gasteiger partial charge in [0.05, 0.1) is 6.42 Å². The number of benzene rings is 3. The number of carbonyl (C=O) groups is 2. The van der Waals surface area contributed by atoms with E-state index in [1.807, 2.05) is 86.6 Å².